The lowest BCUT2D eigenvalue weighted by molar-refractivity contribution is 0.839. The average molecular weight is 312 g/mol. The minimum absolute atomic E-state index is 0.537. The highest BCUT2D eigenvalue weighted by Crippen LogP contribution is 2.23. The van der Waals surface area contributed by atoms with Crippen LogP contribution in [0.5, 0.6) is 0 Å². The molecular weight excluding hydrogens is 298 g/mol. The van der Waals surface area contributed by atoms with E-state index in [9.17, 15) is 0 Å². The van der Waals surface area contributed by atoms with E-state index in [4.69, 9.17) is 5.73 Å². The number of thiophene rings is 1. The van der Waals surface area contributed by atoms with Crippen molar-refractivity contribution in [3.05, 3.63) is 38.4 Å². The molecular formula is C12H14BrN3S. The van der Waals surface area contributed by atoms with E-state index in [2.05, 4.69) is 44.3 Å². The number of aryl methyl sites for hydroxylation is 1. The number of halogens is 1. The number of nitrogen functional groups attached to an aromatic ring is 1. The number of rotatable bonds is 4. The molecule has 2 N–H and O–H groups in total. The average Bonchev–Trinajstić information content (AvgIpc) is 2.78. The van der Waals surface area contributed by atoms with Crippen molar-refractivity contribution in [2.75, 3.05) is 5.73 Å². The summed E-state index contributed by atoms with van der Waals surface area (Å²) in [6, 6.07) is 4.13. The summed E-state index contributed by atoms with van der Waals surface area (Å²) in [5.41, 5.74) is 6.89. The molecule has 0 radical (unpaired) electrons. The Balaban J connectivity index is 2.28. The van der Waals surface area contributed by atoms with E-state index in [0.29, 0.717) is 5.82 Å². The fraction of sp³-hybridized carbons (Fsp3) is 0.333. The molecule has 3 nitrogen and oxygen atoms in total. The minimum Gasteiger partial charge on any atom is -0.383 e. The third-order valence-electron chi connectivity index (χ3n) is 2.39. The van der Waals surface area contributed by atoms with Crippen molar-refractivity contribution in [3.63, 3.8) is 0 Å². The summed E-state index contributed by atoms with van der Waals surface area (Å²) in [5, 5.41) is 2.06. The highest BCUT2D eigenvalue weighted by molar-refractivity contribution is 9.10. The minimum atomic E-state index is 0.537. The number of hydrogen-bond acceptors (Lipinski definition) is 4. The quantitative estimate of drug-likeness (QED) is 0.941. The zero-order valence-corrected chi connectivity index (χ0v) is 12.0. The molecule has 0 spiro atoms. The van der Waals surface area contributed by atoms with Gasteiger partial charge in [0.25, 0.3) is 0 Å². The molecule has 2 aromatic heterocycles. The maximum Gasteiger partial charge on any atom is 0.141 e. The number of hydrogen-bond donors (Lipinski definition) is 1. The van der Waals surface area contributed by atoms with Gasteiger partial charge >= 0.3 is 0 Å². The number of nitrogens with zero attached hydrogens (tertiary/aromatic N) is 2. The maximum absolute atomic E-state index is 5.89. The van der Waals surface area contributed by atoms with E-state index in [1.54, 1.807) is 11.3 Å². The van der Waals surface area contributed by atoms with Crippen molar-refractivity contribution < 1.29 is 0 Å². The molecule has 0 fully saturated rings. The smallest absolute Gasteiger partial charge is 0.141 e. The van der Waals surface area contributed by atoms with Crippen molar-refractivity contribution in [3.8, 4) is 0 Å². The summed E-state index contributed by atoms with van der Waals surface area (Å²) in [7, 11) is 0. The summed E-state index contributed by atoms with van der Waals surface area (Å²) >= 11 is 5.16. The van der Waals surface area contributed by atoms with Gasteiger partial charge in [-0.15, -0.1) is 11.3 Å². The predicted octanol–water partition coefficient (Wildman–Crippen LogP) is 3.43. The Morgan fingerprint density at radius 2 is 2.24 bits per heavy atom. The normalized spacial score (nSPS) is 10.7. The Labute approximate surface area is 113 Å². The van der Waals surface area contributed by atoms with Gasteiger partial charge in [0.2, 0.25) is 0 Å². The largest absolute Gasteiger partial charge is 0.383 e. The fourth-order valence-corrected chi connectivity index (χ4v) is 2.69. The predicted molar refractivity (Wildman–Crippen MR) is 75.3 cm³/mol. The summed E-state index contributed by atoms with van der Waals surface area (Å²) in [5.74, 6) is 1.34. The zero-order chi connectivity index (χ0) is 12.3. The van der Waals surface area contributed by atoms with Gasteiger partial charge in [-0.2, -0.15) is 0 Å². The molecule has 0 unspecified atom stereocenters. The second-order valence-corrected chi connectivity index (χ2v) is 5.62. The molecule has 2 aromatic rings. The first kappa shape index (κ1) is 12.5. The van der Waals surface area contributed by atoms with Crippen LogP contribution < -0.4 is 5.73 Å². The van der Waals surface area contributed by atoms with Gasteiger partial charge in [0, 0.05) is 11.3 Å². The van der Waals surface area contributed by atoms with Crippen LogP contribution in [0.4, 0.5) is 5.82 Å². The van der Waals surface area contributed by atoms with E-state index in [1.807, 2.05) is 6.07 Å². The Hall–Kier alpha value is -0.940. The topological polar surface area (TPSA) is 51.8 Å². The number of aromatic nitrogens is 2. The third-order valence-corrected chi connectivity index (χ3v) is 4.13. The summed E-state index contributed by atoms with van der Waals surface area (Å²) in [4.78, 5) is 10.1. The Bertz CT molecular complexity index is 497. The molecule has 0 saturated carbocycles. The van der Waals surface area contributed by atoms with Crippen LogP contribution in [0, 0.1) is 0 Å². The Kier molecular flexibility index (Phi) is 4.12. The monoisotopic (exact) mass is 311 g/mol. The summed E-state index contributed by atoms with van der Waals surface area (Å²) < 4.78 is 0.842. The molecule has 0 aromatic carbocycles. The van der Waals surface area contributed by atoms with E-state index >= 15 is 0 Å². The molecule has 0 aliphatic carbocycles. The van der Waals surface area contributed by atoms with Gasteiger partial charge in [-0.1, -0.05) is 19.4 Å². The number of nitrogens with two attached hydrogens (primary N) is 1. The zero-order valence-electron chi connectivity index (χ0n) is 9.61. The van der Waals surface area contributed by atoms with Crippen LogP contribution in [0.25, 0.3) is 0 Å². The van der Waals surface area contributed by atoms with Crippen molar-refractivity contribution in [2.24, 2.45) is 0 Å². The molecule has 0 amide bonds. The molecule has 0 aliphatic heterocycles. The van der Waals surface area contributed by atoms with Crippen molar-refractivity contribution in [2.45, 2.75) is 26.2 Å². The summed E-state index contributed by atoms with van der Waals surface area (Å²) in [6.07, 6.45) is 2.73. The maximum atomic E-state index is 5.89. The molecule has 2 rings (SSSR count). The highest BCUT2D eigenvalue weighted by Gasteiger charge is 2.10. The Morgan fingerprint density at radius 3 is 2.88 bits per heavy atom. The van der Waals surface area contributed by atoms with E-state index < -0.39 is 0 Å². The highest BCUT2D eigenvalue weighted by atomic mass is 79.9. The molecule has 90 valence electrons. The van der Waals surface area contributed by atoms with E-state index in [0.717, 1.165) is 35.3 Å². The molecule has 17 heavy (non-hydrogen) atoms. The standard InChI is InChI=1S/C12H14BrN3S/c1-2-4-9-11(13)12(14)16-10(15-9)7-8-5-3-6-17-8/h3,5-6H,2,4,7H2,1H3,(H2,14,15,16). The lowest BCUT2D eigenvalue weighted by atomic mass is 10.2. The first-order valence-electron chi connectivity index (χ1n) is 5.54. The van der Waals surface area contributed by atoms with Gasteiger partial charge in [-0.25, -0.2) is 9.97 Å². The molecule has 0 saturated heterocycles. The van der Waals surface area contributed by atoms with Crippen LogP contribution in [0.1, 0.15) is 29.7 Å². The van der Waals surface area contributed by atoms with Crippen molar-refractivity contribution in [1.82, 2.24) is 9.97 Å². The molecule has 0 atom stereocenters. The lowest BCUT2D eigenvalue weighted by Crippen LogP contribution is -2.05. The summed E-state index contributed by atoms with van der Waals surface area (Å²) in [6.45, 7) is 2.13. The number of anilines is 1. The van der Waals surface area contributed by atoms with Crippen molar-refractivity contribution in [1.29, 1.82) is 0 Å². The SMILES string of the molecule is CCCc1nc(Cc2cccs2)nc(N)c1Br. The van der Waals surface area contributed by atoms with Crippen LogP contribution in [-0.2, 0) is 12.8 Å². The van der Waals surface area contributed by atoms with Crippen LogP contribution >= 0.6 is 27.3 Å². The Morgan fingerprint density at radius 1 is 1.41 bits per heavy atom. The fourth-order valence-electron chi connectivity index (χ4n) is 1.62. The molecule has 0 bridgehead atoms. The van der Waals surface area contributed by atoms with Crippen LogP contribution in [0.15, 0.2) is 22.0 Å². The molecule has 2 heterocycles. The van der Waals surface area contributed by atoms with E-state index in [-0.39, 0.29) is 0 Å². The van der Waals surface area contributed by atoms with E-state index in [1.165, 1.54) is 4.88 Å². The van der Waals surface area contributed by atoms with Crippen LogP contribution in [0.2, 0.25) is 0 Å². The lowest BCUT2D eigenvalue weighted by Gasteiger charge is -2.07. The van der Waals surface area contributed by atoms with Gasteiger partial charge in [0.1, 0.15) is 11.6 Å². The van der Waals surface area contributed by atoms with Gasteiger partial charge < -0.3 is 5.73 Å². The van der Waals surface area contributed by atoms with Crippen molar-refractivity contribution >= 4 is 33.1 Å². The van der Waals surface area contributed by atoms with Gasteiger partial charge in [-0.05, 0) is 33.8 Å². The van der Waals surface area contributed by atoms with Crippen LogP contribution in [-0.4, -0.2) is 9.97 Å². The second-order valence-electron chi connectivity index (χ2n) is 3.79. The van der Waals surface area contributed by atoms with Gasteiger partial charge in [-0.3, -0.25) is 0 Å². The van der Waals surface area contributed by atoms with Gasteiger partial charge in [0.15, 0.2) is 0 Å². The van der Waals surface area contributed by atoms with Crippen LogP contribution in [0.3, 0.4) is 0 Å². The third kappa shape index (κ3) is 3.04. The molecule has 0 aliphatic rings. The first-order chi connectivity index (χ1) is 8.20. The molecule has 5 heteroatoms. The second kappa shape index (κ2) is 5.60. The first-order valence-corrected chi connectivity index (χ1v) is 7.21. The van der Waals surface area contributed by atoms with Gasteiger partial charge in [0.05, 0.1) is 10.2 Å².